The molecule has 5 rings (SSSR count). The molecule has 0 bridgehead atoms. The second-order valence-corrected chi connectivity index (χ2v) is 14.6. The van der Waals surface area contributed by atoms with Crippen LogP contribution in [-0.4, -0.2) is 51.5 Å². The first-order valence-electron chi connectivity index (χ1n) is 15.6. The van der Waals surface area contributed by atoms with Crippen molar-refractivity contribution in [1.82, 2.24) is 19.4 Å². The van der Waals surface area contributed by atoms with Crippen LogP contribution in [0, 0.1) is 22.9 Å². The van der Waals surface area contributed by atoms with Crippen LogP contribution in [0.2, 0.25) is 0 Å². The molecule has 1 atom stereocenters. The molecule has 276 valence electrons. The number of benzene rings is 3. The SMILES string of the molecule is Cn1c(=O)n(-c2ccc(C[C@H](NC(=O)c3cc(F)c(NS(=O)(=O)c4ccc(NC(=O)C(C)(C)C)c(F)c4)cc3F)C(=O)O)cc2)c(=O)c2ccncc21. The van der Waals surface area contributed by atoms with Crippen molar-refractivity contribution in [2.45, 2.75) is 38.1 Å². The summed E-state index contributed by atoms with van der Waals surface area (Å²) < 4.78 is 74.6. The standard InChI is InChI=1S/C35H31F3N6O8S/c1-35(2,3)33(49)41-26-10-9-20(14-24(26)37)53(51,52)42-27-16-23(36)22(15-25(27)38)30(45)40-28(32(47)48)13-18-5-7-19(8-6-18)44-31(46)21-11-12-39-17-29(21)43(4)34(44)50/h5-12,14-17,28,42H,13H2,1-4H3,(H,40,45)(H,41,49)(H,47,48)/t28-/m0/s1. The van der Waals surface area contributed by atoms with Crippen molar-refractivity contribution < 1.29 is 41.1 Å². The van der Waals surface area contributed by atoms with Crippen molar-refractivity contribution in [3.05, 3.63) is 122 Å². The molecule has 0 aliphatic carbocycles. The van der Waals surface area contributed by atoms with Crippen LogP contribution in [0.25, 0.3) is 16.6 Å². The van der Waals surface area contributed by atoms with Gasteiger partial charge in [-0.05, 0) is 48.0 Å². The Morgan fingerprint density at radius 2 is 1.57 bits per heavy atom. The van der Waals surface area contributed by atoms with Gasteiger partial charge in [0.25, 0.3) is 21.5 Å². The minimum absolute atomic E-state index is 0.175. The number of nitrogens with one attached hydrogen (secondary N) is 3. The first-order valence-corrected chi connectivity index (χ1v) is 17.1. The van der Waals surface area contributed by atoms with Crippen LogP contribution in [0.3, 0.4) is 0 Å². The molecule has 2 heterocycles. The van der Waals surface area contributed by atoms with Gasteiger partial charge in [-0.1, -0.05) is 32.9 Å². The minimum Gasteiger partial charge on any atom is -0.480 e. The van der Waals surface area contributed by atoms with E-state index in [-0.39, 0.29) is 23.2 Å². The topological polar surface area (TPSA) is 199 Å². The van der Waals surface area contributed by atoms with Crippen LogP contribution in [0.5, 0.6) is 0 Å². The first-order chi connectivity index (χ1) is 24.8. The maximum Gasteiger partial charge on any atom is 0.335 e. The van der Waals surface area contributed by atoms with Crippen molar-refractivity contribution >= 4 is 50.1 Å². The normalized spacial score (nSPS) is 12.3. The van der Waals surface area contributed by atoms with E-state index in [0.717, 1.165) is 16.7 Å². The van der Waals surface area contributed by atoms with Gasteiger partial charge < -0.3 is 15.7 Å². The second kappa shape index (κ2) is 14.4. The number of halogens is 3. The molecule has 14 nitrogen and oxygen atoms in total. The number of aryl methyl sites for hydroxylation is 1. The predicted octanol–water partition coefficient (Wildman–Crippen LogP) is 3.71. The van der Waals surface area contributed by atoms with Crippen LogP contribution in [0.1, 0.15) is 36.7 Å². The van der Waals surface area contributed by atoms with E-state index in [9.17, 15) is 41.9 Å². The third-order valence-electron chi connectivity index (χ3n) is 8.04. The van der Waals surface area contributed by atoms with E-state index in [1.807, 2.05) is 0 Å². The number of carboxylic acids is 1. The number of aliphatic carboxylic acids is 1. The molecule has 0 aliphatic heterocycles. The van der Waals surface area contributed by atoms with Gasteiger partial charge in [-0.25, -0.2) is 35.7 Å². The van der Waals surface area contributed by atoms with Crippen molar-refractivity contribution in [3.8, 4) is 5.69 Å². The number of rotatable bonds is 10. The number of hydrogen-bond acceptors (Lipinski definition) is 8. The molecule has 53 heavy (non-hydrogen) atoms. The summed E-state index contributed by atoms with van der Waals surface area (Å²) in [6, 6.07) is 8.64. The summed E-state index contributed by atoms with van der Waals surface area (Å²) in [5.74, 6) is -7.35. The molecule has 18 heteroatoms. The fourth-order valence-electron chi connectivity index (χ4n) is 5.05. The van der Waals surface area contributed by atoms with Crippen molar-refractivity contribution in [2.75, 3.05) is 10.0 Å². The highest BCUT2D eigenvalue weighted by molar-refractivity contribution is 7.92. The summed E-state index contributed by atoms with van der Waals surface area (Å²) in [6.07, 6.45) is 2.43. The van der Waals surface area contributed by atoms with E-state index in [4.69, 9.17) is 0 Å². The Labute approximate surface area is 299 Å². The lowest BCUT2D eigenvalue weighted by molar-refractivity contribution is -0.139. The minimum atomic E-state index is -4.71. The van der Waals surface area contributed by atoms with Gasteiger partial charge in [0.2, 0.25) is 5.91 Å². The highest BCUT2D eigenvalue weighted by atomic mass is 32.2. The molecule has 0 unspecified atom stereocenters. The number of hydrogen-bond donors (Lipinski definition) is 4. The molecule has 0 fully saturated rings. The lowest BCUT2D eigenvalue weighted by Gasteiger charge is -2.18. The van der Waals surface area contributed by atoms with Crippen molar-refractivity contribution in [3.63, 3.8) is 0 Å². The van der Waals surface area contributed by atoms with Gasteiger partial charge in [0.15, 0.2) is 0 Å². The molecular weight excluding hydrogens is 721 g/mol. The maximum absolute atomic E-state index is 15.1. The maximum atomic E-state index is 15.1. The lowest BCUT2D eigenvalue weighted by atomic mass is 9.95. The van der Waals surface area contributed by atoms with E-state index in [2.05, 4.69) is 15.6 Å². The molecule has 0 spiro atoms. The molecule has 0 saturated heterocycles. The van der Waals surface area contributed by atoms with Gasteiger partial charge in [-0.2, -0.15) is 0 Å². The molecule has 4 N–H and O–H groups in total. The number of nitrogens with zero attached hydrogens (tertiary/aromatic N) is 3. The Hall–Kier alpha value is -6.30. The second-order valence-electron chi connectivity index (χ2n) is 12.9. The lowest BCUT2D eigenvalue weighted by Crippen LogP contribution is -2.42. The molecule has 0 aliphatic rings. The number of carbonyl (C=O) groups excluding carboxylic acids is 2. The average molecular weight is 753 g/mol. The van der Waals surface area contributed by atoms with Crippen LogP contribution in [-0.2, 0) is 33.1 Å². The summed E-state index contributed by atoms with van der Waals surface area (Å²) in [6.45, 7) is 4.75. The smallest absolute Gasteiger partial charge is 0.335 e. The third kappa shape index (κ3) is 7.96. The monoisotopic (exact) mass is 752 g/mol. The number of carboxylic acid groups (broad SMARTS) is 1. The van der Waals surface area contributed by atoms with Gasteiger partial charge in [-0.3, -0.25) is 28.7 Å². The van der Waals surface area contributed by atoms with Gasteiger partial charge in [0.05, 0.1) is 44.6 Å². The Morgan fingerprint density at radius 1 is 0.906 bits per heavy atom. The fourth-order valence-corrected chi connectivity index (χ4v) is 6.12. The zero-order chi connectivity index (χ0) is 39.0. The quantitative estimate of drug-likeness (QED) is 0.164. The highest BCUT2D eigenvalue weighted by Crippen LogP contribution is 2.26. The molecule has 3 aromatic carbocycles. The van der Waals surface area contributed by atoms with Crippen LogP contribution in [0.4, 0.5) is 24.5 Å². The number of amides is 2. The number of sulfonamides is 1. The molecule has 0 saturated carbocycles. The number of carbonyl (C=O) groups is 3. The number of pyridine rings is 1. The van der Waals surface area contributed by atoms with Gasteiger partial charge in [0.1, 0.15) is 23.5 Å². The van der Waals surface area contributed by atoms with Crippen LogP contribution >= 0.6 is 0 Å². The summed E-state index contributed by atoms with van der Waals surface area (Å²) in [5.41, 5.74) is -3.50. The van der Waals surface area contributed by atoms with E-state index < -0.39 is 84.1 Å². The number of anilines is 2. The van der Waals surface area contributed by atoms with Crippen LogP contribution in [0.15, 0.2) is 87.5 Å². The molecule has 0 radical (unpaired) electrons. The molecule has 2 amide bonds. The molecule has 5 aromatic rings. The molecule has 2 aromatic heterocycles. The average Bonchev–Trinajstić information content (AvgIpc) is 3.09. The zero-order valence-corrected chi connectivity index (χ0v) is 29.2. The van der Waals surface area contributed by atoms with Gasteiger partial charge >= 0.3 is 11.7 Å². The predicted molar refractivity (Wildman–Crippen MR) is 187 cm³/mol. The first kappa shape index (κ1) is 37.9. The van der Waals surface area contributed by atoms with Gasteiger partial charge in [0, 0.05) is 31.1 Å². The van der Waals surface area contributed by atoms with Crippen molar-refractivity contribution in [2.24, 2.45) is 12.5 Å². The fraction of sp³-hybridized carbons (Fsp3) is 0.200. The highest BCUT2D eigenvalue weighted by Gasteiger charge is 2.27. The summed E-state index contributed by atoms with van der Waals surface area (Å²) in [4.78, 5) is 66.4. The number of aromatic nitrogens is 3. The Kier molecular flexibility index (Phi) is 10.3. The summed E-state index contributed by atoms with van der Waals surface area (Å²) in [7, 11) is -3.24. The Bertz CT molecular complexity index is 2530. The van der Waals surface area contributed by atoms with Gasteiger partial charge in [-0.15, -0.1) is 0 Å². The van der Waals surface area contributed by atoms with Crippen molar-refractivity contribution in [1.29, 1.82) is 0 Å². The van der Waals surface area contributed by atoms with Crippen LogP contribution < -0.4 is 26.6 Å². The Morgan fingerprint density at radius 3 is 2.19 bits per heavy atom. The van der Waals surface area contributed by atoms with E-state index in [1.165, 1.54) is 54.3 Å². The summed E-state index contributed by atoms with van der Waals surface area (Å²) >= 11 is 0. The van der Waals surface area contributed by atoms with E-state index in [0.29, 0.717) is 29.3 Å². The van der Waals surface area contributed by atoms with E-state index in [1.54, 1.807) is 25.5 Å². The largest absolute Gasteiger partial charge is 0.480 e. The molecular formula is C35H31F3N6O8S. The number of fused-ring (bicyclic) bond motifs is 1. The summed E-state index contributed by atoms with van der Waals surface area (Å²) in [5, 5.41) is 14.4. The van der Waals surface area contributed by atoms with E-state index >= 15 is 8.78 Å². The Balaban J connectivity index is 1.31. The third-order valence-corrected chi connectivity index (χ3v) is 9.40. The zero-order valence-electron chi connectivity index (χ0n) is 28.4.